The van der Waals surface area contributed by atoms with Crippen LogP contribution in [-0.4, -0.2) is 41.5 Å². The Morgan fingerprint density at radius 1 is 1.12 bits per heavy atom. The van der Waals surface area contributed by atoms with Gasteiger partial charge in [-0.1, -0.05) is 6.58 Å². The molecule has 0 bridgehead atoms. The first kappa shape index (κ1) is 12.0. The summed E-state index contributed by atoms with van der Waals surface area (Å²) in [6.07, 6.45) is 4.01. The first-order valence-electron chi connectivity index (χ1n) is 6.67. The monoisotopic (exact) mass is 222 g/mol. The van der Waals surface area contributed by atoms with E-state index < -0.39 is 0 Å². The van der Waals surface area contributed by atoms with Crippen LogP contribution in [0.25, 0.3) is 0 Å². The molecule has 2 nitrogen and oxygen atoms in total. The molecule has 2 heterocycles. The van der Waals surface area contributed by atoms with Gasteiger partial charge in [-0.05, 0) is 46.6 Å². The van der Waals surface area contributed by atoms with Crippen molar-refractivity contribution in [3.8, 4) is 0 Å². The summed E-state index contributed by atoms with van der Waals surface area (Å²) in [6.45, 7) is 16.2. The van der Waals surface area contributed by atoms with Crippen molar-refractivity contribution >= 4 is 0 Å². The molecule has 2 rings (SSSR count). The molecule has 0 aromatic rings. The summed E-state index contributed by atoms with van der Waals surface area (Å²) in [7, 11) is 0. The molecule has 0 aliphatic carbocycles. The Labute approximate surface area is 100 Å². The third kappa shape index (κ3) is 2.42. The van der Waals surface area contributed by atoms with Gasteiger partial charge >= 0.3 is 0 Å². The van der Waals surface area contributed by atoms with Crippen molar-refractivity contribution in [1.82, 2.24) is 9.80 Å². The lowest BCUT2D eigenvalue weighted by Crippen LogP contribution is -2.40. The standard InChI is InChI=1S/C14H26N2/c1-12(15-8-5-6-9-15)13-7-10-16(11-13)14(2,3)4/h13H,1,5-11H2,2-4H3. The molecule has 2 saturated heterocycles. The summed E-state index contributed by atoms with van der Waals surface area (Å²) >= 11 is 0. The van der Waals surface area contributed by atoms with Gasteiger partial charge in [0.2, 0.25) is 0 Å². The zero-order valence-corrected chi connectivity index (χ0v) is 11.1. The molecular formula is C14H26N2. The highest BCUT2D eigenvalue weighted by Crippen LogP contribution is 2.31. The number of nitrogens with zero attached hydrogens (tertiary/aromatic N) is 2. The number of likely N-dealkylation sites (tertiary alicyclic amines) is 2. The van der Waals surface area contributed by atoms with Crippen molar-refractivity contribution in [2.45, 2.75) is 45.6 Å². The van der Waals surface area contributed by atoms with E-state index in [0.717, 1.165) is 0 Å². The summed E-state index contributed by atoms with van der Waals surface area (Å²) in [5, 5.41) is 0. The van der Waals surface area contributed by atoms with Gasteiger partial charge in [0.05, 0.1) is 0 Å². The normalized spacial score (nSPS) is 27.7. The van der Waals surface area contributed by atoms with E-state index in [4.69, 9.17) is 0 Å². The van der Waals surface area contributed by atoms with Crippen LogP contribution in [0.3, 0.4) is 0 Å². The molecular weight excluding hydrogens is 196 g/mol. The van der Waals surface area contributed by atoms with E-state index in [-0.39, 0.29) is 0 Å². The summed E-state index contributed by atoms with van der Waals surface area (Å²) in [6, 6.07) is 0. The fraction of sp³-hybridized carbons (Fsp3) is 0.857. The Balaban J connectivity index is 1.90. The largest absolute Gasteiger partial charge is 0.375 e. The molecule has 0 aromatic carbocycles. The zero-order chi connectivity index (χ0) is 11.8. The molecule has 1 unspecified atom stereocenters. The van der Waals surface area contributed by atoms with E-state index in [9.17, 15) is 0 Å². The molecule has 0 spiro atoms. The molecule has 0 saturated carbocycles. The van der Waals surface area contributed by atoms with Gasteiger partial charge in [0.15, 0.2) is 0 Å². The fourth-order valence-electron chi connectivity index (χ4n) is 2.90. The van der Waals surface area contributed by atoms with Crippen LogP contribution < -0.4 is 0 Å². The molecule has 0 radical (unpaired) electrons. The molecule has 0 aromatic heterocycles. The Bertz CT molecular complexity index is 258. The quantitative estimate of drug-likeness (QED) is 0.709. The molecule has 2 aliphatic heterocycles. The van der Waals surface area contributed by atoms with Crippen LogP contribution in [0.15, 0.2) is 12.3 Å². The minimum Gasteiger partial charge on any atom is -0.375 e. The van der Waals surface area contributed by atoms with Crippen LogP contribution in [-0.2, 0) is 0 Å². The molecule has 0 amide bonds. The van der Waals surface area contributed by atoms with Crippen molar-refractivity contribution in [3.05, 3.63) is 12.3 Å². The Morgan fingerprint density at radius 3 is 2.25 bits per heavy atom. The maximum Gasteiger partial charge on any atom is 0.0175 e. The molecule has 2 aliphatic rings. The third-order valence-electron chi connectivity index (χ3n) is 4.12. The second-order valence-corrected chi connectivity index (χ2v) is 6.29. The van der Waals surface area contributed by atoms with Gasteiger partial charge in [-0.3, -0.25) is 4.90 Å². The summed E-state index contributed by atoms with van der Waals surface area (Å²) in [5.74, 6) is 0.706. The SMILES string of the molecule is C=C(C1CCN(C(C)(C)C)C1)N1CCCC1. The van der Waals surface area contributed by atoms with Crippen molar-refractivity contribution in [3.63, 3.8) is 0 Å². The van der Waals surface area contributed by atoms with E-state index in [1.807, 2.05) is 0 Å². The summed E-state index contributed by atoms with van der Waals surface area (Å²) in [4.78, 5) is 5.11. The number of hydrogen-bond donors (Lipinski definition) is 0. The minimum absolute atomic E-state index is 0.319. The van der Waals surface area contributed by atoms with E-state index in [1.54, 1.807) is 0 Å². The van der Waals surface area contributed by atoms with Crippen LogP contribution in [0.5, 0.6) is 0 Å². The maximum absolute atomic E-state index is 4.33. The average molecular weight is 222 g/mol. The van der Waals surface area contributed by atoms with Gasteiger partial charge in [-0.15, -0.1) is 0 Å². The first-order valence-corrected chi connectivity index (χ1v) is 6.67. The minimum atomic E-state index is 0.319. The summed E-state index contributed by atoms with van der Waals surface area (Å²) in [5.41, 5.74) is 1.73. The van der Waals surface area contributed by atoms with E-state index in [2.05, 4.69) is 37.1 Å². The smallest absolute Gasteiger partial charge is 0.0175 e. The zero-order valence-electron chi connectivity index (χ0n) is 11.1. The highest BCUT2D eigenvalue weighted by molar-refractivity contribution is 5.06. The predicted octanol–water partition coefficient (Wildman–Crippen LogP) is 2.72. The van der Waals surface area contributed by atoms with E-state index >= 15 is 0 Å². The lowest BCUT2D eigenvalue weighted by Gasteiger charge is -2.32. The molecule has 1 atom stereocenters. The number of rotatable bonds is 2. The third-order valence-corrected chi connectivity index (χ3v) is 4.12. The highest BCUT2D eigenvalue weighted by atomic mass is 15.2. The molecule has 92 valence electrons. The highest BCUT2D eigenvalue weighted by Gasteiger charge is 2.33. The Morgan fingerprint density at radius 2 is 1.75 bits per heavy atom. The van der Waals surface area contributed by atoms with Gasteiger partial charge in [-0.2, -0.15) is 0 Å². The Hall–Kier alpha value is -0.500. The topological polar surface area (TPSA) is 6.48 Å². The van der Waals surface area contributed by atoms with Gasteiger partial charge in [0.25, 0.3) is 0 Å². The van der Waals surface area contributed by atoms with E-state index in [0.29, 0.717) is 11.5 Å². The predicted molar refractivity (Wildman–Crippen MR) is 69.4 cm³/mol. The van der Waals surface area contributed by atoms with Gasteiger partial charge in [0.1, 0.15) is 0 Å². The van der Waals surface area contributed by atoms with Crippen molar-refractivity contribution in [2.24, 2.45) is 5.92 Å². The first-order chi connectivity index (χ1) is 7.48. The summed E-state index contributed by atoms with van der Waals surface area (Å²) < 4.78 is 0. The molecule has 2 fully saturated rings. The van der Waals surface area contributed by atoms with Gasteiger partial charge in [-0.25, -0.2) is 0 Å². The Kier molecular flexibility index (Phi) is 3.29. The second-order valence-electron chi connectivity index (χ2n) is 6.29. The van der Waals surface area contributed by atoms with Crippen LogP contribution in [0.4, 0.5) is 0 Å². The van der Waals surface area contributed by atoms with Gasteiger partial charge in [0, 0.05) is 36.8 Å². The average Bonchev–Trinajstić information content (AvgIpc) is 2.87. The van der Waals surface area contributed by atoms with E-state index in [1.165, 1.54) is 51.1 Å². The van der Waals surface area contributed by atoms with Crippen molar-refractivity contribution < 1.29 is 0 Å². The molecule has 0 N–H and O–H groups in total. The second kappa shape index (κ2) is 4.40. The van der Waals surface area contributed by atoms with Crippen molar-refractivity contribution in [2.75, 3.05) is 26.2 Å². The van der Waals surface area contributed by atoms with Crippen LogP contribution >= 0.6 is 0 Å². The fourth-order valence-corrected chi connectivity index (χ4v) is 2.90. The number of hydrogen-bond acceptors (Lipinski definition) is 2. The molecule has 16 heavy (non-hydrogen) atoms. The van der Waals surface area contributed by atoms with Gasteiger partial charge < -0.3 is 4.90 Å². The van der Waals surface area contributed by atoms with Crippen molar-refractivity contribution in [1.29, 1.82) is 0 Å². The van der Waals surface area contributed by atoms with Crippen LogP contribution in [0.1, 0.15) is 40.0 Å². The van der Waals surface area contributed by atoms with Crippen LogP contribution in [0, 0.1) is 5.92 Å². The van der Waals surface area contributed by atoms with Crippen LogP contribution in [0.2, 0.25) is 0 Å². The lowest BCUT2D eigenvalue weighted by atomic mass is 10.0. The molecule has 2 heteroatoms. The maximum atomic E-state index is 4.33. The lowest BCUT2D eigenvalue weighted by molar-refractivity contribution is 0.168.